The highest BCUT2D eigenvalue weighted by Gasteiger charge is 2.23. The van der Waals surface area contributed by atoms with E-state index in [9.17, 15) is 9.59 Å². The molecular formula is C35H35N3O4S. The summed E-state index contributed by atoms with van der Waals surface area (Å²) in [6, 6.07) is 28.9. The van der Waals surface area contributed by atoms with Crippen LogP contribution in [0.3, 0.4) is 0 Å². The molecule has 4 aromatic carbocycles. The lowest BCUT2D eigenvalue weighted by molar-refractivity contribution is -0.114. The van der Waals surface area contributed by atoms with Gasteiger partial charge in [-0.05, 0) is 65.8 Å². The van der Waals surface area contributed by atoms with E-state index in [-0.39, 0.29) is 11.8 Å². The SMILES string of the molecule is COc1ccc(CNCCC2=CC(=O)N(Cc3ccc(NC(=O)c4ccccc4C)cc3)c3ccccc3S2)c(OC)c1. The standard InChI is InChI=1S/C35H35N3O4S/c1-24-8-4-5-9-30(24)35(40)37-27-15-12-25(13-16-27)23-38-31-10-6-7-11-33(31)43-29(21-34(38)39)18-19-36-22-26-14-17-28(41-2)20-32(26)42-3/h4-17,20-21,36H,18-19,22-23H2,1-3H3,(H,37,40). The number of carbonyl (C=O) groups is 2. The molecule has 43 heavy (non-hydrogen) atoms. The Morgan fingerprint density at radius 1 is 0.907 bits per heavy atom. The smallest absolute Gasteiger partial charge is 0.255 e. The first kappa shape index (κ1) is 29.9. The third-order valence-electron chi connectivity index (χ3n) is 7.25. The maximum Gasteiger partial charge on any atom is 0.255 e. The molecule has 5 rings (SSSR count). The van der Waals surface area contributed by atoms with Crippen LogP contribution in [-0.4, -0.2) is 32.6 Å². The fourth-order valence-corrected chi connectivity index (χ4v) is 5.97. The number of anilines is 2. The van der Waals surface area contributed by atoms with E-state index in [1.54, 1.807) is 32.1 Å². The topological polar surface area (TPSA) is 79.9 Å². The summed E-state index contributed by atoms with van der Waals surface area (Å²) < 4.78 is 10.8. The number of carbonyl (C=O) groups excluding carboxylic acids is 2. The minimum absolute atomic E-state index is 0.0544. The summed E-state index contributed by atoms with van der Waals surface area (Å²) in [6.45, 7) is 3.69. The van der Waals surface area contributed by atoms with Gasteiger partial charge in [0.1, 0.15) is 11.5 Å². The summed E-state index contributed by atoms with van der Waals surface area (Å²) in [5.74, 6) is 1.33. The Balaban J connectivity index is 1.23. The number of aryl methyl sites for hydroxylation is 1. The van der Waals surface area contributed by atoms with Crippen LogP contribution >= 0.6 is 11.8 Å². The van der Waals surface area contributed by atoms with E-state index in [2.05, 4.69) is 16.7 Å². The van der Waals surface area contributed by atoms with Gasteiger partial charge in [0.05, 0.1) is 26.5 Å². The second-order valence-electron chi connectivity index (χ2n) is 10.2. The number of nitrogens with one attached hydrogen (secondary N) is 2. The fraction of sp³-hybridized carbons (Fsp3) is 0.200. The predicted molar refractivity (Wildman–Crippen MR) is 173 cm³/mol. The first-order valence-corrected chi connectivity index (χ1v) is 14.9. The van der Waals surface area contributed by atoms with E-state index in [0.717, 1.165) is 43.7 Å². The van der Waals surface area contributed by atoms with Crippen molar-refractivity contribution in [2.24, 2.45) is 0 Å². The highest BCUT2D eigenvalue weighted by molar-refractivity contribution is 8.03. The van der Waals surface area contributed by atoms with Crippen molar-refractivity contribution in [3.8, 4) is 11.5 Å². The Hall–Kier alpha value is -4.53. The molecule has 2 amide bonds. The lowest BCUT2D eigenvalue weighted by atomic mass is 10.1. The average molecular weight is 594 g/mol. The summed E-state index contributed by atoms with van der Waals surface area (Å²) in [6.07, 6.45) is 2.46. The van der Waals surface area contributed by atoms with Gasteiger partial charge in [-0.15, -0.1) is 0 Å². The van der Waals surface area contributed by atoms with Gasteiger partial charge in [0.25, 0.3) is 11.8 Å². The van der Waals surface area contributed by atoms with Crippen LogP contribution in [0.4, 0.5) is 11.4 Å². The number of thioether (sulfide) groups is 1. The first-order valence-electron chi connectivity index (χ1n) is 14.1. The van der Waals surface area contributed by atoms with E-state index in [0.29, 0.717) is 37.3 Å². The minimum atomic E-state index is -0.144. The molecule has 0 spiro atoms. The number of rotatable bonds is 11. The van der Waals surface area contributed by atoms with Gasteiger partial charge < -0.3 is 25.0 Å². The number of methoxy groups -OCH3 is 2. The molecule has 1 heterocycles. The number of amides is 2. The van der Waals surface area contributed by atoms with E-state index >= 15 is 0 Å². The first-order chi connectivity index (χ1) is 20.9. The third-order valence-corrected chi connectivity index (χ3v) is 8.40. The summed E-state index contributed by atoms with van der Waals surface area (Å²) in [5, 5.41) is 6.44. The Kier molecular flexibility index (Phi) is 9.81. The quantitative estimate of drug-likeness (QED) is 0.183. The third kappa shape index (κ3) is 7.46. The molecular weight excluding hydrogens is 558 g/mol. The van der Waals surface area contributed by atoms with Gasteiger partial charge in [-0.1, -0.05) is 60.3 Å². The van der Waals surface area contributed by atoms with Crippen molar-refractivity contribution in [1.82, 2.24) is 5.32 Å². The summed E-state index contributed by atoms with van der Waals surface area (Å²) >= 11 is 1.63. The monoisotopic (exact) mass is 593 g/mol. The fourth-order valence-electron chi connectivity index (χ4n) is 4.89. The molecule has 0 saturated carbocycles. The number of fused-ring (bicyclic) bond motifs is 1. The van der Waals surface area contributed by atoms with Gasteiger partial charge >= 0.3 is 0 Å². The average Bonchev–Trinajstić information content (AvgIpc) is 3.15. The molecule has 0 fully saturated rings. The highest BCUT2D eigenvalue weighted by atomic mass is 32.2. The zero-order valence-corrected chi connectivity index (χ0v) is 25.4. The van der Waals surface area contributed by atoms with Crippen molar-refractivity contribution in [3.05, 3.63) is 124 Å². The van der Waals surface area contributed by atoms with E-state index < -0.39 is 0 Å². The molecule has 1 aliphatic heterocycles. The Morgan fingerprint density at radius 2 is 1.67 bits per heavy atom. The van der Waals surface area contributed by atoms with E-state index in [1.807, 2.05) is 96.8 Å². The van der Waals surface area contributed by atoms with Crippen LogP contribution in [-0.2, 0) is 17.9 Å². The maximum absolute atomic E-state index is 13.5. The molecule has 4 aromatic rings. The van der Waals surface area contributed by atoms with E-state index in [4.69, 9.17) is 9.47 Å². The Morgan fingerprint density at radius 3 is 2.44 bits per heavy atom. The van der Waals surface area contributed by atoms with Crippen molar-refractivity contribution in [2.75, 3.05) is 31.0 Å². The van der Waals surface area contributed by atoms with Gasteiger partial charge in [0.15, 0.2) is 0 Å². The van der Waals surface area contributed by atoms with Crippen LogP contribution in [0.15, 0.2) is 107 Å². The van der Waals surface area contributed by atoms with Crippen LogP contribution in [0.5, 0.6) is 11.5 Å². The molecule has 0 aromatic heterocycles. The van der Waals surface area contributed by atoms with Crippen LogP contribution < -0.4 is 25.0 Å². The van der Waals surface area contributed by atoms with Crippen molar-refractivity contribution in [2.45, 2.75) is 31.3 Å². The van der Waals surface area contributed by atoms with Gasteiger partial charge in [0, 0.05) is 46.9 Å². The van der Waals surface area contributed by atoms with Gasteiger partial charge in [-0.25, -0.2) is 0 Å². The number of para-hydroxylation sites is 1. The van der Waals surface area contributed by atoms with Crippen LogP contribution in [0.2, 0.25) is 0 Å². The number of benzene rings is 4. The molecule has 0 atom stereocenters. The van der Waals surface area contributed by atoms with Crippen molar-refractivity contribution >= 4 is 35.0 Å². The zero-order valence-electron chi connectivity index (χ0n) is 24.6. The highest BCUT2D eigenvalue weighted by Crippen LogP contribution is 2.39. The molecule has 8 heteroatoms. The molecule has 0 radical (unpaired) electrons. The van der Waals surface area contributed by atoms with Gasteiger partial charge in [-0.3, -0.25) is 9.59 Å². The largest absolute Gasteiger partial charge is 0.497 e. The second-order valence-corrected chi connectivity index (χ2v) is 11.3. The van der Waals surface area contributed by atoms with Crippen LogP contribution in [0, 0.1) is 6.92 Å². The van der Waals surface area contributed by atoms with Gasteiger partial charge in [0.2, 0.25) is 0 Å². The molecule has 0 unspecified atom stereocenters. The van der Waals surface area contributed by atoms with Gasteiger partial charge in [-0.2, -0.15) is 0 Å². The molecule has 220 valence electrons. The Labute approximate surface area is 256 Å². The van der Waals surface area contributed by atoms with E-state index in [1.165, 1.54) is 0 Å². The summed E-state index contributed by atoms with van der Waals surface area (Å²) in [7, 11) is 3.29. The summed E-state index contributed by atoms with van der Waals surface area (Å²) in [4.78, 5) is 30.1. The Bertz CT molecular complexity index is 1630. The van der Waals surface area contributed by atoms with Crippen LogP contribution in [0.1, 0.15) is 33.5 Å². The number of hydrogen-bond donors (Lipinski definition) is 2. The molecule has 0 saturated heterocycles. The molecule has 7 nitrogen and oxygen atoms in total. The minimum Gasteiger partial charge on any atom is -0.497 e. The second kappa shape index (κ2) is 14.1. The zero-order chi connectivity index (χ0) is 30.2. The number of hydrogen-bond acceptors (Lipinski definition) is 6. The lowest BCUT2D eigenvalue weighted by Crippen LogP contribution is -2.28. The molecule has 1 aliphatic rings. The van der Waals surface area contributed by atoms with Crippen LogP contribution in [0.25, 0.3) is 0 Å². The number of ether oxygens (including phenoxy) is 2. The normalized spacial score (nSPS) is 12.7. The number of nitrogens with zero attached hydrogens (tertiary/aromatic N) is 1. The maximum atomic E-state index is 13.5. The molecule has 0 aliphatic carbocycles. The lowest BCUT2D eigenvalue weighted by Gasteiger charge is -2.22. The molecule has 0 bridgehead atoms. The van der Waals surface area contributed by atoms with Crippen molar-refractivity contribution in [1.29, 1.82) is 0 Å². The summed E-state index contributed by atoms with van der Waals surface area (Å²) in [5.41, 5.74) is 5.17. The van der Waals surface area contributed by atoms with Crippen molar-refractivity contribution in [3.63, 3.8) is 0 Å². The molecule has 2 N–H and O–H groups in total. The predicted octanol–water partition coefficient (Wildman–Crippen LogP) is 6.97. The van der Waals surface area contributed by atoms with Crippen molar-refractivity contribution < 1.29 is 19.1 Å².